The van der Waals surface area contributed by atoms with Gasteiger partial charge in [0.2, 0.25) is 5.95 Å². The lowest BCUT2D eigenvalue weighted by molar-refractivity contribution is 0.585. The van der Waals surface area contributed by atoms with E-state index in [-0.39, 0.29) is 0 Å². The Morgan fingerprint density at radius 1 is 0.929 bits per heavy atom. The minimum absolute atomic E-state index is 0.369. The Morgan fingerprint density at radius 2 is 1.57 bits per heavy atom. The molecule has 0 N–H and O–H groups in total. The first-order valence-electron chi connectivity index (χ1n) is 4.01. The maximum Gasteiger partial charge on any atom is 0.213 e. The maximum atomic E-state index is 12.8. The third-order valence-corrected chi connectivity index (χ3v) is 1.90. The molecule has 0 saturated carbocycles. The van der Waals surface area contributed by atoms with Crippen LogP contribution in [0, 0.1) is 5.95 Å². The molecule has 70 valence electrons. The second-order valence-corrected chi connectivity index (χ2v) is 3.08. The van der Waals surface area contributed by atoms with Gasteiger partial charge in [0.15, 0.2) is 0 Å². The summed E-state index contributed by atoms with van der Waals surface area (Å²) in [7, 11) is 0. The van der Waals surface area contributed by atoms with E-state index in [1.807, 2.05) is 0 Å². The molecule has 0 atom stereocenters. The topological polar surface area (TPSA) is 25.8 Å². The Bertz CT molecular complexity index is 416. The second-order valence-electron chi connectivity index (χ2n) is 2.69. The first-order chi connectivity index (χ1) is 6.75. The third kappa shape index (κ3) is 1.88. The van der Waals surface area contributed by atoms with Crippen molar-refractivity contribution < 1.29 is 4.39 Å². The van der Waals surface area contributed by atoms with E-state index in [4.69, 9.17) is 11.6 Å². The number of rotatable bonds is 1. The zero-order valence-electron chi connectivity index (χ0n) is 7.11. The Morgan fingerprint density at radius 3 is 2.21 bits per heavy atom. The van der Waals surface area contributed by atoms with Crippen LogP contribution >= 0.6 is 11.6 Å². The molecule has 0 aromatic carbocycles. The fraction of sp³-hybridized carbons (Fsp3) is 0. The first-order valence-corrected chi connectivity index (χ1v) is 4.39. The molecule has 0 bridgehead atoms. The molecule has 2 aromatic heterocycles. The van der Waals surface area contributed by atoms with Crippen LogP contribution in [-0.4, -0.2) is 9.97 Å². The first kappa shape index (κ1) is 9.09. The van der Waals surface area contributed by atoms with Gasteiger partial charge in [-0.3, -0.25) is 0 Å². The van der Waals surface area contributed by atoms with E-state index in [0.717, 1.165) is 0 Å². The largest absolute Gasteiger partial charge is 0.234 e. The normalized spacial score (nSPS) is 10.1. The molecule has 0 aliphatic heterocycles. The average molecular weight is 209 g/mol. The number of pyridine rings is 2. The number of hydrogen-bond donors (Lipinski definition) is 0. The van der Waals surface area contributed by atoms with Gasteiger partial charge in [-0.2, -0.15) is 4.39 Å². The Kier molecular flexibility index (Phi) is 2.41. The molecule has 0 unspecified atom stereocenters. The van der Waals surface area contributed by atoms with E-state index in [2.05, 4.69) is 9.97 Å². The van der Waals surface area contributed by atoms with Gasteiger partial charge in [0.05, 0.1) is 11.4 Å². The Balaban J connectivity index is 2.49. The monoisotopic (exact) mass is 208 g/mol. The van der Waals surface area contributed by atoms with Gasteiger partial charge in [-0.05, 0) is 24.3 Å². The van der Waals surface area contributed by atoms with Crippen LogP contribution in [0.15, 0.2) is 36.4 Å². The molecule has 2 heterocycles. The van der Waals surface area contributed by atoms with E-state index in [9.17, 15) is 4.39 Å². The van der Waals surface area contributed by atoms with Gasteiger partial charge >= 0.3 is 0 Å². The minimum Gasteiger partial charge on any atom is -0.234 e. The summed E-state index contributed by atoms with van der Waals surface area (Å²) in [5, 5.41) is 0.369. The third-order valence-electron chi connectivity index (χ3n) is 1.69. The zero-order valence-corrected chi connectivity index (χ0v) is 7.87. The van der Waals surface area contributed by atoms with Gasteiger partial charge in [0.1, 0.15) is 5.15 Å². The molecule has 14 heavy (non-hydrogen) atoms. The Labute approximate surface area is 85.4 Å². The van der Waals surface area contributed by atoms with Crippen molar-refractivity contribution in [2.75, 3.05) is 0 Å². The fourth-order valence-corrected chi connectivity index (χ4v) is 1.27. The summed E-state index contributed by atoms with van der Waals surface area (Å²) >= 11 is 5.70. The van der Waals surface area contributed by atoms with Crippen molar-refractivity contribution in [3.05, 3.63) is 47.5 Å². The highest BCUT2D eigenvalue weighted by molar-refractivity contribution is 6.29. The van der Waals surface area contributed by atoms with Crippen molar-refractivity contribution in [2.45, 2.75) is 0 Å². The van der Waals surface area contributed by atoms with Crippen molar-refractivity contribution in [1.82, 2.24) is 9.97 Å². The Hall–Kier alpha value is -1.48. The molecule has 0 saturated heterocycles. The maximum absolute atomic E-state index is 12.8. The molecule has 4 heteroatoms. The minimum atomic E-state index is -0.524. The molecule has 2 aromatic rings. The highest BCUT2D eigenvalue weighted by Crippen LogP contribution is 2.16. The summed E-state index contributed by atoms with van der Waals surface area (Å²) in [6.07, 6.45) is 0. The van der Waals surface area contributed by atoms with Crippen molar-refractivity contribution in [3.8, 4) is 11.4 Å². The number of hydrogen-bond acceptors (Lipinski definition) is 2. The highest BCUT2D eigenvalue weighted by Gasteiger charge is 2.02. The standard InChI is InChI=1S/C10H6ClFN2/c11-9-5-1-3-7(13-9)8-4-2-6-10(12)14-8/h1-6H. The predicted molar refractivity (Wildman–Crippen MR) is 52.4 cm³/mol. The van der Waals surface area contributed by atoms with Crippen LogP contribution in [0.1, 0.15) is 0 Å². The van der Waals surface area contributed by atoms with Crippen molar-refractivity contribution in [2.24, 2.45) is 0 Å². The van der Waals surface area contributed by atoms with Crippen LogP contribution in [0.2, 0.25) is 5.15 Å². The van der Waals surface area contributed by atoms with Crippen LogP contribution in [0.25, 0.3) is 11.4 Å². The van der Waals surface area contributed by atoms with Gasteiger partial charge in [0, 0.05) is 0 Å². The van der Waals surface area contributed by atoms with Crippen LogP contribution < -0.4 is 0 Å². The quantitative estimate of drug-likeness (QED) is 0.674. The summed E-state index contributed by atoms with van der Waals surface area (Å²) in [6.45, 7) is 0. The molecular weight excluding hydrogens is 203 g/mol. The molecule has 0 fully saturated rings. The molecule has 0 amide bonds. The lowest BCUT2D eigenvalue weighted by Gasteiger charge is -1.99. The molecule has 0 aliphatic carbocycles. The number of nitrogens with zero attached hydrogens (tertiary/aromatic N) is 2. The lowest BCUT2D eigenvalue weighted by Crippen LogP contribution is -1.89. The van der Waals surface area contributed by atoms with Crippen LogP contribution in [0.5, 0.6) is 0 Å². The lowest BCUT2D eigenvalue weighted by atomic mass is 10.2. The summed E-state index contributed by atoms with van der Waals surface area (Å²) in [5.74, 6) is -0.524. The summed E-state index contributed by atoms with van der Waals surface area (Å²) in [4.78, 5) is 7.72. The smallest absolute Gasteiger partial charge is 0.213 e. The van der Waals surface area contributed by atoms with Gasteiger partial charge in [-0.25, -0.2) is 9.97 Å². The fourth-order valence-electron chi connectivity index (χ4n) is 1.10. The molecule has 2 rings (SSSR count). The molecule has 0 spiro atoms. The van der Waals surface area contributed by atoms with E-state index in [0.29, 0.717) is 16.5 Å². The number of aromatic nitrogens is 2. The van der Waals surface area contributed by atoms with Gasteiger partial charge in [-0.15, -0.1) is 0 Å². The van der Waals surface area contributed by atoms with Crippen LogP contribution in [0.4, 0.5) is 4.39 Å². The van der Waals surface area contributed by atoms with Gasteiger partial charge < -0.3 is 0 Å². The average Bonchev–Trinajstić information content (AvgIpc) is 2.18. The number of halogens is 2. The van der Waals surface area contributed by atoms with E-state index >= 15 is 0 Å². The van der Waals surface area contributed by atoms with Crippen molar-refractivity contribution >= 4 is 11.6 Å². The van der Waals surface area contributed by atoms with Gasteiger partial charge in [-0.1, -0.05) is 23.7 Å². The summed E-state index contributed by atoms with van der Waals surface area (Å²) in [6, 6.07) is 9.69. The predicted octanol–water partition coefficient (Wildman–Crippen LogP) is 2.94. The van der Waals surface area contributed by atoms with E-state index in [1.54, 1.807) is 30.3 Å². The molecular formula is C10H6ClFN2. The van der Waals surface area contributed by atoms with E-state index in [1.165, 1.54) is 6.07 Å². The van der Waals surface area contributed by atoms with Gasteiger partial charge in [0.25, 0.3) is 0 Å². The van der Waals surface area contributed by atoms with Crippen LogP contribution in [0.3, 0.4) is 0 Å². The second kappa shape index (κ2) is 3.72. The molecule has 2 nitrogen and oxygen atoms in total. The summed E-state index contributed by atoms with van der Waals surface area (Å²) < 4.78 is 12.8. The SMILES string of the molecule is Fc1cccc(-c2cccc(Cl)n2)n1. The highest BCUT2D eigenvalue weighted by atomic mass is 35.5. The molecule has 0 aliphatic rings. The van der Waals surface area contributed by atoms with E-state index < -0.39 is 5.95 Å². The summed E-state index contributed by atoms with van der Waals surface area (Å²) in [5.41, 5.74) is 1.05. The van der Waals surface area contributed by atoms with Crippen molar-refractivity contribution in [1.29, 1.82) is 0 Å². The van der Waals surface area contributed by atoms with Crippen LogP contribution in [-0.2, 0) is 0 Å². The molecule has 0 radical (unpaired) electrons. The van der Waals surface area contributed by atoms with Crippen molar-refractivity contribution in [3.63, 3.8) is 0 Å². The zero-order chi connectivity index (χ0) is 9.97.